The minimum atomic E-state index is -0.216. The number of halogens is 1. The Morgan fingerprint density at radius 1 is 1.41 bits per heavy atom. The first kappa shape index (κ1) is 12.6. The molecule has 0 spiro atoms. The second-order valence-electron chi connectivity index (χ2n) is 4.17. The van der Waals surface area contributed by atoms with Crippen molar-refractivity contribution >= 4 is 21.9 Å². The molecule has 0 N–H and O–H groups in total. The van der Waals surface area contributed by atoms with Gasteiger partial charge in [-0.2, -0.15) is 0 Å². The smallest absolute Gasteiger partial charge is 0.302 e. The number of hydrogen-bond donors (Lipinski definition) is 0. The highest BCUT2D eigenvalue weighted by molar-refractivity contribution is 9.10. The summed E-state index contributed by atoms with van der Waals surface area (Å²) in [7, 11) is 0. The zero-order valence-corrected chi connectivity index (χ0v) is 11.3. The lowest BCUT2D eigenvalue weighted by atomic mass is 9.99. The first-order valence-corrected chi connectivity index (χ1v) is 6.49. The molecule has 17 heavy (non-hydrogen) atoms. The monoisotopic (exact) mass is 298 g/mol. The molecule has 1 saturated heterocycles. The van der Waals surface area contributed by atoms with Crippen LogP contribution >= 0.6 is 15.9 Å². The molecule has 2 rings (SSSR count). The van der Waals surface area contributed by atoms with E-state index in [2.05, 4.69) is 15.9 Å². The third-order valence-corrected chi connectivity index (χ3v) is 3.34. The number of benzene rings is 1. The predicted octanol–water partition coefficient (Wildman–Crippen LogP) is 3.23. The van der Waals surface area contributed by atoms with E-state index in [0.29, 0.717) is 6.61 Å². The maximum absolute atomic E-state index is 10.9. The lowest BCUT2D eigenvalue weighted by Gasteiger charge is -2.29. The summed E-state index contributed by atoms with van der Waals surface area (Å²) in [5.41, 5.74) is 1.13. The number of esters is 1. The fraction of sp³-hybridized carbons (Fsp3) is 0.462. The van der Waals surface area contributed by atoms with Crippen LogP contribution in [0.1, 0.15) is 31.4 Å². The van der Waals surface area contributed by atoms with Gasteiger partial charge in [-0.1, -0.05) is 28.1 Å². The molecule has 0 aliphatic carbocycles. The van der Waals surface area contributed by atoms with Gasteiger partial charge in [0.1, 0.15) is 6.10 Å². The highest BCUT2D eigenvalue weighted by Gasteiger charge is 2.25. The van der Waals surface area contributed by atoms with Crippen molar-refractivity contribution in [3.63, 3.8) is 0 Å². The summed E-state index contributed by atoms with van der Waals surface area (Å²) in [6.45, 7) is 2.09. The lowest BCUT2D eigenvalue weighted by Crippen LogP contribution is -2.27. The summed E-state index contributed by atoms with van der Waals surface area (Å²) < 4.78 is 12.0. The Labute approximate surface area is 109 Å². The van der Waals surface area contributed by atoms with Crippen molar-refractivity contribution in [1.29, 1.82) is 0 Å². The topological polar surface area (TPSA) is 35.5 Å². The van der Waals surface area contributed by atoms with Gasteiger partial charge in [0.05, 0.1) is 12.7 Å². The van der Waals surface area contributed by atoms with Gasteiger partial charge in [0.25, 0.3) is 0 Å². The summed E-state index contributed by atoms with van der Waals surface area (Å²) >= 11 is 3.40. The molecule has 92 valence electrons. The minimum absolute atomic E-state index is 0.0186. The van der Waals surface area contributed by atoms with Crippen molar-refractivity contribution in [2.75, 3.05) is 6.61 Å². The number of hydrogen-bond acceptors (Lipinski definition) is 3. The van der Waals surface area contributed by atoms with Crippen molar-refractivity contribution in [3.8, 4) is 0 Å². The third kappa shape index (κ3) is 3.54. The molecular weight excluding hydrogens is 284 g/mol. The van der Waals surface area contributed by atoms with Crippen LogP contribution in [0.25, 0.3) is 0 Å². The van der Waals surface area contributed by atoms with E-state index in [0.717, 1.165) is 22.9 Å². The number of carbonyl (C=O) groups excluding carboxylic acids is 1. The molecule has 1 heterocycles. The average molecular weight is 299 g/mol. The van der Waals surface area contributed by atoms with Crippen LogP contribution < -0.4 is 0 Å². The van der Waals surface area contributed by atoms with Crippen molar-refractivity contribution in [2.45, 2.75) is 32.0 Å². The van der Waals surface area contributed by atoms with Crippen LogP contribution in [0.4, 0.5) is 0 Å². The van der Waals surface area contributed by atoms with Gasteiger partial charge in [0.15, 0.2) is 0 Å². The Hall–Kier alpha value is -0.870. The molecule has 2 atom stereocenters. The molecule has 0 unspecified atom stereocenters. The fourth-order valence-electron chi connectivity index (χ4n) is 2.02. The van der Waals surface area contributed by atoms with Gasteiger partial charge in [0.2, 0.25) is 0 Å². The van der Waals surface area contributed by atoms with E-state index in [1.165, 1.54) is 6.92 Å². The maximum Gasteiger partial charge on any atom is 0.302 e. The van der Waals surface area contributed by atoms with Crippen LogP contribution in [-0.4, -0.2) is 18.7 Å². The van der Waals surface area contributed by atoms with E-state index in [1.54, 1.807) is 0 Å². The Balaban J connectivity index is 2.01. The Kier molecular flexibility index (Phi) is 4.18. The quantitative estimate of drug-likeness (QED) is 0.787. The zero-order valence-electron chi connectivity index (χ0n) is 9.69. The molecule has 0 radical (unpaired) electrons. The highest BCUT2D eigenvalue weighted by atomic mass is 79.9. The van der Waals surface area contributed by atoms with Gasteiger partial charge in [-0.05, 0) is 17.7 Å². The van der Waals surface area contributed by atoms with Gasteiger partial charge < -0.3 is 9.47 Å². The first-order valence-electron chi connectivity index (χ1n) is 5.69. The molecule has 0 bridgehead atoms. The van der Waals surface area contributed by atoms with Crippen LogP contribution in [0.3, 0.4) is 0 Å². The molecule has 1 aromatic carbocycles. The molecule has 3 nitrogen and oxygen atoms in total. The van der Waals surface area contributed by atoms with E-state index in [9.17, 15) is 4.79 Å². The second-order valence-corrected chi connectivity index (χ2v) is 5.08. The normalized spacial score (nSPS) is 24.4. The minimum Gasteiger partial charge on any atom is -0.462 e. The first-order chi connectivity index (χ1) is 8.15. The van der Waals surface area contributed by atoms with Crippen LogP contribution in [0.5, 0.6) is 0 Å². The number of carbonyl (C=O) groups is 1. The highest BCUT2D eigenvalue weighted by Crippen LogP contribution is 2.30. The molecule has 1 aromatic rings. The Morgan fingerprint density at radius 3 is 2.76 bits per heavy atom. The third-order valence-electron chi connectivity index (χ3n) is 2.81. The summed E-state index contributed by atoms with van der Waals surface area (Å²) in [6.07, 6.45) is 1.53. The fourth-order valence-corrected chi connectivity index (χ4v) is 2.28. The Morgan fingerprint density at radius 2 is 2.12 bits per heavy atom. The van der Waals surface area contributed by atoms with Gasteiger partial charge in [-0.15, -0.1) is 0 Å². The van der Waals surface area contributed by atoms with Crippen molar-refractivity contribution in [2.24, 2.45) is 0 Å². The van der Waals surface area contributed by atoms with Crippen LogP contribution in [0.15, 0.2) is 28.7 Å². The molecule has 1 fully saturated rings. The maximum atomic E-state index is 10.9. The van der Waals surface area contributed by atoms with Crippen LogP contribution in [0, 0.1) is 0 Å². The molecule has 1 aliphatic heterocycles. The van der Waals surface area contributed by atoms with Crippen LogP contribution in [-0.2, 0) is 14.3 Å². The van der Waals surface area contributed by atoms with Crippen LogP contribution in [0.2, 0.25) is 0 Å². The van der Waals surface area contributed by atoms with E-state index < -0.39 is 0 Å². The van der Waals surface area contributed by atoms with Crippen molar-refractivity contribution in [3.05, 3.63) is 34.3 Å². The van der Waals surface area contributed by atoms with Gasteiger partial charge in [0, 0.05) is 24.2 Å². The van der Waals surface area contributed by atoms with Crippen molar-refractivity contribution in [1.82, 2.24) is 0 Å². The summed E-state index contributed by atoms with van der Waals surface area (Å²) in [5, 5.41) is 0. The van der Waals surface area contributed by atoms with E-state index >= 15 is 0 Å². The largest absolute Gasteiger partial charge is 0.462 e. The zero-order chi connectivity index (χ0) is 12.3. The second kappa shape index (κ2) is 5.65. The standard InChI is InChI=1S/C13H15BrO3/c1-9(15)17-12-6-7-16-13(8-12)10-2-4-11(14)5-3-10/h2-5,12-13H,6-8H2,1H3/t12-,13-/m1/s1. The molecule has 0 saturated carbocycles. The number of ether oxygens (including phenoxy) is 2. The summed E-state index contributed by atoms with van der Waals surface area (Å²) in [4.78, 5) is 10.9. The molecular formula is C13H15BrO3. The van der Waals surface area contributed by atoms with Gasteiger partial charge >= 0.3 is 5.97 Å². The molecule has 4 heteroatoms. The van der Waals surface area contributed by atoms with E-state index in [1.807, 2.05) is 24.3 Å². The van der Waals surface area contributed by atoms with Crippen molar-refractivity contribution < 1.29 is 14.3 Å². The summed E-state index contributed by atoms with van der Waals surface area (Å²) in [6, 6.07) is 8.05. The molecule has 0 amide bonds. The number of rotatable bonds is 2. The summed E-state index contributed by atoms with van der Waals surface area (Å²) in [5.74, 6) is -0.216. The molecule has 1 aliphatic rings. The SMILES string of the molecule is CC(=O)O[C@@H]1CCO[C@@H](c2ccc(Br)cc2)C1. The van der Waals surface area contributed by atoms with E-state index in [4.69, 9.17) is 9.47 Å². The predicted molar refractivity (Wildman–Crippen MR) is 67.6 cm³/mol. The van der Waals surface area contributed by atoms with Gasteiger partial charge in [-0.25, -0.2) is 0 Å². The Bertz CT molecular complexity index is 388. The van der Waals surface area contributed by atoms with Gasteiger partial charge in [-0.3, -0.25) is 4.79 Å². The molecule has 0 aromatic heterocycles. The lowest BCUT2D eigenvalue weighted by molar-refractivity contribution is -0.153. The average Bonchev–Trinajstić information content (AvgIpc) is 2.29. The van der Waals surface area contributed by atoms with E-state index in [-0.39, 0.29) is 18.2 Å².